The van der Waals surface area contributed by atoms with Crippen LogP contribution in [0.25, 0.3) is 10.9 Å². The maximum Gasteiger partial charge on any atom is 0.325 e. The first-order chi connectivity index (χ1) is 12.8. The van der Waals surface area contributed by atoms with E-state index in [1.807, 2.05) is 0 Å². The number of halogens is 1. The van der Waals surface area contributed by atoms with E-state index in [0.717, 1.165) is 0 Å². The van der Waals surface area contributed by atoms with E-state index in [0.29, 0.717) is 27.3 Å². The molecule has 0 aliphatic rings. The van der Waals surface area contributed by atoms with Crippen molar-refractivity contribution >= 4 is 44.0 Å². The molecule has 0 spiro atoms. The van der Waals surface area contributed by atoms with E-state index in [4.69, 9.17) is 22.1 Å². The second kappa shape index (κ2) is 7.25. The number of nitrogens with zero attached hydrogens (tertiary/aromatic N) is 1. The van der Waals surface area contributed by atoms with Crippen molar-refractivity contribution in [1.82, 2.24) is 4.57 Å². The predicted molar refractivity (Wildman–Crippen MR) is 105 cm³/mol. The molecule has 2 N–H and O–H groups in total. The number of nitrogens with two attached hydrogens (primary N) is 1. The lowest BCUT2D eigenvalue weighted by Gasteiger charge is -2.09. The Labute approximate surface area is 162 Å². The molecule has 0 aliphatic carbocycles. The molecule has 6 nitrogen and oxygen atoms in total. The highest BCUT2D eigenvalue weighted by Crippen LogP contribution is 2.37. The molecule has 2 aromatic carbocycles. The molecule has 8 heteroatoms. The molecule has 0 atom stereocenters. The van der Waals surface area contributed by atoms with Gasteiger partial charge in [0.1, 0.15) is 11.4 Å². The van der Waals surface area contributed by atoms with Crippen molar-refractivity contribution in [3.63, 3.8) is 0 Å². The number of carbonyl (C=O) groups is 1. The van der Waals surface area contributed by atoms with Gasteiger partial charge in [-0.15, -0.1) is 0 Å². The molecule has 3 aromatic rings. The van der Waals surface area contributed by atoms with E-state index in [2.05, 4.69) is 0 Å². The van der Waals surface area contributed by atoms with Crippen molar-refractivity contribution in [1.29, 1.82) is 0 Å². The molecule has 3 rings (SSSR count). The average Bonchev–Trinajstić information content (AvgIpc) is 2.90. The third-order valence-electron chi connectivity index (χ3n) is 4.31. The summed E-state index contributed by atoms with van der Waals surface area (Å²) in [5.74, 6) is -0.449. The van der Waals surface area contributed by atoms with Gasteiger partial charge < -0.3 is 15.0 Å². The highest BCUT2D eigenvalue weighted by atomic mass is 35.5. The number of anilines is 1. The van der Waals surface area contributed by atoms with Gasteiger partial charge in [-0.3, -0.25) is 4.79 Å². The molecule has 0 unspecified atom stereocenters. The van der Waals surface area contributed by atoms with Crippen molar-refractivity contribution in [2.24, 2.45) is 0 Å². The van der Waals surface area contributed by atoms with Crippen molar-refractivity contribution in [2.75, 3.05) is 12.3 Å². The first-order valence-corrected chi connectivity index (χ1v) is 10.2. The van der Waals surface area contributed by atoms with Crippen molar-refractivity contribution in [3.05, 3.63) is 53.2 Å². The summed E-state index contributed by atoms with van der Waals surface area (Å²) >= 11 is 5.88. The third-order valence-corrected chi connectivity index (χ3v) is 6.49. The number of nitrogen functional groups attached to an aromatic ring is 1. The molecule has 1 aromatic heterocycles. The second-order valence-electron chi connectivity index (χ2n) is 6.00. The summed E-state index contributed by atoms with van der Waals surface area (Å²) in [6.45, 7) is 3.51. The average molecular weight is 407 g/mol. The zero-order chi connectivity index (χ0) is 19.8. The van der Waals surface area contributed by atoms with E-state index < -0.39 is 15.8 Å². The maximum absolute atomic E-state index is 13.3. The van der Waals surface area contributed by atoms with Crippen molar-refractivity contribution in [3.8, 4) is 0 Å². The quantitative estimate of drug-likeness (QED) is 0.516. The summed E-state index contributed by atoms with van der Waals surface area (Å²) in [5.41, 5.74) is 7.42. The lowest BCUT2D eigenvalue weighted by molar-refractivity contribution is -0.143. The van der Waals surface area contributed by atoms with Crippen LogP contribution in [0, 0.1) is 6.92 Å². The Balaban J connectivity index is 2.28. The minimum Gasteiger partial charge on any atom is -0.465 e. The van der Waals surface area contributed by atoms with Crippen LogP contribution >= 0.6 is 11.6 Å². The normalized spacial score (nSPS) is 11.7. The molecule has 0 radical (unpaired) electrons. The van der Waals surface area contributed by atoms with Crippen LogP contribution in [0.15, 0.2) is 52.3 Å². The van der Waals surface area contributed by atoms with Gasteiger partial charge in [0.2, 0.25) is 9.84 Å². The fourth-order valence-corrected chi connectivity index (χ4v) is 4.96. The molecule has 142 valence electrons. The van der Waals surface area contributed by atoms with Crippen LogP contribution in [0.5, 0.6) is 0 Å². The number of hydrogen-bond acceptors (Lipinski definition) is 5. The number of hydrogen-bond donors (Lipinski definition) is 1. The fraction of sp³-hybridized carbons (Fsp3) is 0.211. The van der Waals surface area contributed by atoms with E-state index in [9.17, 15) is 13.2 Å². The molecule has 0 saturated heterocycles. The molecule has 0 amide bonds. The van der Waals surface area contributed by atoms with Crippen LogP contribution < -0.4 is 5.73 Å². The Morgan fingerprint density at radius 1 is 1.19 bits per heavy atom. The minimum absolute atomic E-state index is 0.0854. The van der Waals surface area contributed by atoms with Crippen LogP contribution in [0.3, 0.4) is 0 Å². The Morgan fingerprint density at radius 2 is 1.85 bits per heavy atom. The maximum atomic E-state index is 13.3. The summed E-state index contributed by atoms with van der Waals surface area (Å²) in [7, 11) is -3.87. The number of sulfone groups is 1. The summed E-state index contributed by atoms with van der Waals surface area (Å²) in [6, 6.07) is 11.0. The number of esters is 1. The Bertz CT molecular complexity index is 1120. The van der Waals surface area contributed by atoms with Crippen LogP contribution in [-0.2, 0) is 25.9 Å². The Morgan fingerprint density at radius 3 is 2.48 bits per heavy atom. The first-order valence-electron chi connectivity index (χ1n) is 8.31. The van der Waals surface area contributed by atoms with Crippen LogP contribution in [0.4, 0.5) is 5.69 Å². The number of ether oxygens (including phenoxy) is 1. The number of carbonyl (C=O) groups excluding carboxylic acids is 1. The Kier molecular flexibility index (Phi) is 5.17. The molecule has 0 saturated carbocycles. The monoisotopic (exact) mass is 406 g/mol. The van der Waals surface area contributed by atoms with Gasteiger partial charge in [0, 0.05) is 21.8 Å². The van der Waals surface area contributed by atoms with Gasteiger partial charge in [-0.05, 0) is 50.2 Å². The van der Waals surface area contributed by atoms with Gasteiger partial charge in [-0.25, -0.2) is 8.42 Å². The highest BCUT2D eigenvalue weighted by Gasteiger charge is 2.29. The number of rotatable bonds is 5. The Hall–Kier alpha value is -2.51. The third kappa shape index (κ3) is 3.40. The van der Waals surface area contributed by atoms with Crippen molar-refractivity contribution < 1.29 is 17.9 Å². The summed E-state index contributed by atoms with van der Waals surface area (Å²) in [6.07, 6.45) is 0. The highest BCUT2D eigenvalue weighted by molar-refractivity contribution is 7.91. The fourth-order valence-electron chi connectivity index (χ4n) is 3.11. The number of fused-ring (bicyclic) bond motifs is 1. The minimum atomic E-state index is -3.87. The number of benzene rings is 2. The van der Waals surface area contributed by atoms with Gasteiger partial charge in [0.05, 0.1) is 17.0 Å². The molecule has 0 aliphatic heterocycles. The van der Waals surface area contributed by atoms with E-state index in [1.165, 1.54) is 24.3 Å². The van der Waals surface area contributed by atoms with E-state index in [-0.39, 0.29) is 22.9 Å². The molecule has 27 heavy (non-hydrogen) atoms. The van der Waals surface area contributed by atoms with Gasteiger partial charge in [-0.2, -0.15) is 0 Å². The molecule has 0 bridgehead atoms. The van der Waals surface area contributed by atoms with Gasteiger partial charge in [0.15, 0.2) is 0 Å². The molecular formula is C19H19ClN2O4S. The standard InChI is InChI=1S/C19H19ClN2O4S/c1-3-26-17(23)11-22-12(2)19(18-15(21)5-4-6-16(18)22)27(24,25)14-9-7-13(20)8-10-14/h4-10H,3,11,21H2,1-2H3. The smallest absolute Gasteiger partial charge is 0.325 e. The van der Waals surface area contributed by atoms with Crippen molar-refractivity contribution in [2.45, 2.75) is 30.2 Å². The van der Waals surface area contributed by atoms with E-state index in [1.54, 1.807) is 36.6 Å². The SMILES string of the molecule is CCOC(=O)Cn1c(C)c(S(=O)(=O)c2ccc(Cl)cc2)c2c(N)cccc21. The second-order valence-corrected chi connectivity index (χ2v) is 8.33. The molecule has 1 heterocycles. The predicted octanol–water partition coefficient (Wildman–Crippen LogP) is 3.58. The summed E-state index contributed by atoms with van der Waals surface area (Å²) < 4.78 is 33.3. The van der Waals surface area contributed by atoms with Crippen LogP contribution in [0.2, 0.25) is 5.02 Å². The topological polar surface area (TPSA) is 91.4 Å². The zero-order valence-corrected chi connectivity index (χ0v) is 16.5. The largest absolute Gasteiger partial charge is 0.465 e. The number of aromatic nitrogens is 1. The van der Waals surface area contributed by atoms with Gasteiger partial charge in [-0.1, -0.05) is 17.7 Å². The lowest BCUT2D eigenvalue weighted by atomic mass is 10.2. The van der Waals surface area contributed by atoms with E-state index >= 15 is 0 Å². The lowest BCUT2D eigenvalue weighted by Crippen LogP contribution is -2.15. The van der Waals surface area contributed by atoms with Crippen LogP contribution in [-0.4, -0.2) is 25.6 Å². The molecular weight excluding hydrogens is 388 g/mol. The zero-order valence-electron chi connectivity index (χ0n) is 14.9. The summed E-state index contributed by atoms with van der Waals surface area (Å²) in [5, 5.41) is 0.837. The van der Waals surface area contributed by atoms with Crippen LogP contribution in [0.1, 0.15) is 12.6 Å². The van der Waals surface area contributed by atoms with Gasteiger partial charge >= 0.3 is 5.97 Å². The first kappa shape index (κ1) is 19.3. The van der Waals surface area contributed by atoms with Gasteiger partial charge in [0.25, 0.3) is 0 Å². The summed E-state index contributed by atoms with van der Waals surface area (Å²) in [4.78, 5) is 12.2. The molecule has 0 fully saturated rings.